The maximum Gasteiger partial charge on any atom is 0.287 e. The molecule has 6 nitrogen and oxygen atoms in total. The lowest BCUT2D eigenvalue weighted by Gasteiger charge is -2.34. The fourth-order valence-electron chi connectivity index (χ4n) is 3.30. The van der Waals surface area contributed by atoms with E-state index in [0.717, 1.165) is 18.4 Å². The van der Waals surface area contributed by atoms with Gasteiger partial charge in [0, 0.05) is 19.5 Å². The van der Waals surface area contributed by atoms with Crippen LogP contribution in [0.25, 0.3) is 0 Å². The van der Waals surface area contributed by atoms with E-state index < -0.39 is 6.04 Å². The minimum atomic E-state index is -0.621. The van der Waals surface area contributed by atoms with Crippen molar-refractivity contribution < 1.29 is 14.0 Å². The molecular formula is C20H25N3O3. The van der Waals surface area contributed by atoms with Crippen LogP contribution in [0.4, 0.5) is 0 Å². The summed E-state index contributed by atoms with van der Waals surface area (Å²) < 4.78 is 5.15. The summed E-state index contributed by atoms with van der Waals surface area (Å²) in [5.41, 5.74) is 6.74. The van der Waals surface area contributed by atoms with Crippen molar-refractivity contribution in [3.8, 4) is 0 Å². The molecule has 1 aromatic heterocycles. The molecule has 0 spiro atoms. The van der Waals surface area contributed by atoms with E-state index in [9.17, 15) is 9.59 Å². The zero-order valence-electron chi connectivity index (χ0n) is 14.8. The Bertz CT molecular complexity index is 707. The lowest BCUT2D eigenvalue weighted by molar-refractivity contribution is -0.134. The average Bonchev–Trinajstić information content (AvgIpc) is 3.23. The third-order valence-corrected chi connectivity index (χ3v) is 4.89. The zero-order valence-corrected chi connectivity index (χ0v) is 14.8. The van der Waals surface area contributed by atoms with E-state index >= 15 is 0 Å². The highest BCUT2D eigenvalue weighted by atomic mass is 16.3. The highest BCUT2D eigenvalue weighted by molar-refractivity contribution is 5.95. The number of furan rings is 1. The molecule has 1 aliphatic heterocycles. The smallest absolute Gasteiger partial charge is 0.287 e. The number of rotatable bonds is 6. The molecule has 2 aromatic rings. The van der Waals surface area contributed by atoms with Crippen LogP contribution in [0.15, 0.2) is 53.1 Å². The van der Waals surface area contributed by atoms with Gasteiger partial charge in [0.25, 0.3) is 5.91 Å². The third kappa shape index (κ3) is 4.52. The Labute approximate surface area is 153 Å². The van der Waals surface area contributed by atoms with Gasteiger partial charge >= 0.3 is 0 Å². The fraction of sp³-hybridized carbons (Fsp3) is 0.400. The number of carbonyl (C=O) groups excluding carboxylic acids is 2. The van der Waals surface area contributed by atoms with Crippen LogP contribution < -0.4 is 11.1 Å². The van der Waals surface area contributed by atoms with Crippen molar-refractivity contribution in [1.29, 1.82) is 0 Å². The predicted molar refractivity (Wildman–Crippen MR) is 98.5 cm³/mol. The van der Waals surface area contributed by atoms with Crippen LogP contribution in [0.1, 0.15) is 29.0 Å². The van der Waals surface area contributed by atoms with Crippen molar-refractivity contribution in [2.45, 2.75) is 25.3 Å². The second kappa shape index (κ2) is 8.67. The first-order valence-electron chi connectivity index (χ1n) is 9.04. The van der Waals surface area contributed by atoms with Gasteiger partial charge in [0.2, 0.25) is 5.91 Å². The van der Waals surface area contributed by atoms with Gasteiger partial charge < -0.3 is 20.4 Å². The molecule has 2 amide bonds. The summed E-state index contributed by atoms with van der Waals surface area (Å²) in [5, 5.41) is 2.84. The lowest BCUT2D eigenvalue weighted by atomic mass is 9.96. The van der Waals surface area contributed by atoms with Crippen molar-refractivity contribution in [3.05, 3.63) is 60.1 Å². The minimum Gasteiger partial charge on any atom is -0.459 e. The molecule has 0 aliphatic carbocycles. The number of benzene rings is 1. The molecule has 1 fully saturated rings. The number of carbonyl (C=O) groups is 2. The number of amides is 2. The molecule has 1 atom stereocenters. The number of nitrogens with zero attached hydrogens (tertiary/aromatic N) is 1. The van der Waals surface area contributed by atoms with Crippen LogP contribution in [0, 0.1) is 5.92 Å². The maximum absolute atomic E-state index is 13.1. The van der Waals surface area contributed by atoms with Crippen molar-refractivity contribution in [1.82, 2.24) is 10.2 Å². The van der Waals surface area contributed by atoms with Crippen molar-refractivity contribution in [2.75, 3.05) is 19.6 Å². The van der Waals surface area contributed by atoms with Crippen LogP contribution >= 0.6 is 0 Å². The molecule has 0 bridgehead atoms. The number of nitrogens with one attached hydrogen (secondary N) is 1. The monoisotopic (exact) mass is 355 g/mol. The second-order valence-corrected chi connectivity index (χ2v) is 6.70. The summed E-state index contributed by atoms with van der Waals surface area (Å²) in [7, 11) is 0. The lowest BCUT2D eigenvalue weighted by Crippen LogP contribution is -2.52. The topological polar surface area (TPSA) is 88.6 Å². The molecule has 0 saturated carbocycles. The number of hydrogen-bond acceptors (Lipinski definition) is 4. The fourth-order valence-corrected chi connectivity index (χ4v) is 3.30. The second-order valence-electron chi connectivity index (χ2n) is 6.70. The molecule has 1 aromatic carbocycles. The first kappa shape index (κ1) is 18.2. The molecule has 0 radical (unpaired) electrons. The number of hydrogen-bond donors (Lipinski definition) is 2. The Balaban J connectivity index is 1.71. The van der Waals surface area contributed by atoms with E-state index in [1.54, 1.807) is 12.1 Å². The Morgan fingerprint density at radius 1 is 1.15 bits per heavy atom. The number of nitrogens with two attached hydrogens (primary N) is 1. The van der Waals surface area contributed by atoms with Gasteiger partial charge in [0.1, 0.15) is 6.04 Å². The number of likely N-dealkylation sites (tertiary alicyclic amines) is 1. The Morgan fingerprint density at radius 2 is 1.88 bits per heavy atom. The Morgan fingerprint density at radius 3 is 2.50 bits per heavy atom. The maximum atomic E-state index is 13.1. The van der Waals surface area contributed by atoms with Gasteiger partial charge in [-0.3, -0.25) is 9.59 Å². The highest BCUT2D eigenvalue weighted by Crippen LogP contribution is 2.17. The summed E-state index contributed by atoms with van der Waals surface area (Å²) in [6.45, 7) is 2.02. The van der Waals surface area contributed by atoms with E-state index in [-0.39, 0.29) is 17.6 Å². The van der Waals surface area contributed by atoms with Crippen molar-refractivity contribution in [2.24, 2.45) is 11.7 Å². The van der Waals surface area contributed by atoms with E-state index in [1.165, 1.54) is 6.26 Å². The van der Waals surface area contributed by atoms with Gasteiger partial charge in [-0.15, -0.1) is 0 Å². The zero-order chi connectivity index (χ0) is 18.4. The summed E-state index contributed by atoms with van der Waals surface area (Å²) in [4.78, 5) is 27.3. The summed E-state index contributed by atoms with van der Waals surface area (Å²) in [6.07, 6.45) is 3.71. The van der Waals surface area contributed by atoms with Gasteiger partial charge in [-0.25, -0.2) is 0 Å². The van der Waals surface area contributed by atoms with Gasteiger partial charge in [-0.05, 0) is 43.0 Å². The first-order valence-corrected chi connectivity index (χ1v) is 9.04. The Kier molecular flexibility index (Phi) is 6.07. The molecule has 3 N–H and O–H groups in total. The third-order valence-electron chi connectivity index (χ3n) is 4.89. The Hall–Kier alpha value is -2.60. The molecular weight excluding hydrogens is 330 g/mol. The first-order chi connectivity index (χ1) is 12.7. The van der Waals surface area contributed by atoms with Crippen molar-refractivity contribution in [3.63, 3.8) is 0 Å². The van der Waals surface area contributed by atoms with Crippen LogP contribution in [0.5, 0.6) is 0 Å². The SMILES string of the molecule is NCC1CCN(C(=O)C(Cc2ccccc2)NC(=O)c2ccco2)CC1. The normalized spacial score (nSPS) is 16.3. The molecule has 1 aliphatic rings. The molecule has 6 heteroatoms. The van der Waals surface area contributed by atoms with Crippen molar-refractivity contribution >= 4 is 11.8 Å². The highest BCUT2D eigenvalue weighted by Gasteiger charge is 2.29. The van der Waals surface area contributed by atoms with E-state index in [1.807, 2.05) is 35.2 Å². The summed E-state index contributed by atoms with van der Waals surface area (Å²) in [5.74, 6) is 0.257. The molecule has 2 heterocycles. The number of piperidine rings is 1. The van der Waals surface area contributed by atoms with Crippen LogP contribution in [-0.2, 0) is 11.2 Å². The summed E-state index contributed by atoms with van der Waals surface area (Å²) in [6, 6.07) is 12.3. The van der Waals surface area contributed by atoms with E-state index in [2.05, 4.69) is 5.32 Å². The largest absolute Gasteiger partial charge is 0.459 e. The van der Waals surface area contributed by atoms with Crippen LogP contribution in [0.2, 0.25) is 0 Å². The average molecular weight is 355 g/mol. The van der Waals surface area contributed by atoms with Gasteiger partial charge in [0.05, 0.1) is 6.26 Å². The molecule has 26 heavy (non-hydrogen) atoms. The molecule has 138 valence electrons. The molecule has 3 rings (SSSR count). The van der Waals surface area contributed by atoms with Crippen LogP contribution in [-0.4, -0.2) is 42.4 Å². The van der Waals surface area contributed by atoms with E-state index in [4.69, 9.17) is 10.2 Å². The molecule has 1 unspecified atom stereocenters. The minimum absolute atomic E-state index is 0.0516. The van der Waals surface area contributed by atoms with Gasteiger partial charge in [-0.1, -0.05) is 30.3 Å². The standard InChI is InChI=1S/C20H25N3O3/c21-14-16-8-10-23(11-9-16)20(25)17(13-15-5-2-1-3-6-15)22-19(24)18-7-4-12-26-18/h1-7,12,16-17H,8-11,13-14,21H2,(H,22,24). The predicted octanol–water partition coefficient (Wildman–Crippen LogP) is 1.82. The van der Waals surface area contributed by atoms with Crippen LogP contribution in [0.3, 0.4) is 0 Å². The quantitative estimate of drug-likeness (QED) is 0.827. The van der Waals surface area contributed by atoms with E-state index in [0.29, 0.717) is 32.0 Å². The summed E-state index contributed by atoms with van der Waals surface area (Å²) >= 11 is 0. The van der Waals surface area contributed by atoms with Gasteiger partial charge in [-0.2, -0.15) is 0 Å². The van der Waals surface area contributed by atoms with Gasteiger partial charge in [0.15, 0.2) is 5.76 Å². The molecule has 1 saturated heterocycles.